The minimum atomic E-state index is -4.55. The fourth-order valence-corrected chi connectivity index (χ4v) is 5.03. The molecule has 0 bridgehead atoms. The molecule has 2 aromatic rings. The minimum absolute atomic E-state index is 0.135. The van der Waals surface area contributed by atoms with E-state index in [2.05, 4.69) is 5.32 Å². The second kappa shape index (κ2) is 9.76. The number of aliphatic hydroxyl groups is 1. The molecule has 1 aliphatic carbocycles. The molecule has 2 N–H and O–H groups in total. The molecule has 6 nitrogen and oxygen atoms in total. The van der Waals surface area contributed by atoms with Gasteiger partial charge in [0.1, 0.15) is 6.10 Å². The van der Waals surface area contributed by atoms with Crippen molar-refractivity contribution in [2.24, 2.45) is 0 Å². The van der Waals surface area contributed by atoms with E-state index in [1.807, 2.05) is 0 Å². The van der Waals surface area contributed by atoms with Gasteiger partial charge in [0, 0.05) is 16.3 Å². The molecule has 2 heterocycles. The van der Waals surface area contributed by atoms with E-state index in [1.54, 1.807) is 31.4 Å². The van der Waals surface area contributed by atoms with E-state index in [1.165, 1.54) is 6.07 Å². The fraction of sp³-hybridized carbons (Fsp3) is 0.560. The van der Waals surface area contributed by atoms with Gasteiger partial charge in [-0.3, -0.25) is 4.79 Å². The lowest BCUT2D eigenvalue weighted by Crippen LogP contribution is -2.45. The Hall–Kier alpha value is -2.07. The number of nitrogens with zero attached hydrogens (tertiary/aromatic N) is 1. The predicted molar refractivity (Wildman–Crippen MR) is 125 cm³/mol. The summed E-state index contributed by atoms with van der Waals surface area (Å²) in [4.78, 5) is 13.2. The maximum Gasteiger partial charge on any atom is 0.416 e. The molecule has 1 aliphatic heterocycles. The number of benzene rings is 1. The Labute approximate surface area is 207 Å². The van der Waals surface area contributed by atoms with Crippen molar-refractivity contribution in [1.29, 1.82) is 0 Å². The number of halogens is 4. The molecule has 4 rings (SSSR count). The van der Waals surface area contributed by atoms with Gasteiger partial charge in [-0.25, -0.2) is 0 Å². The third-order valence-electron chi connectivity index (χ3n) is 6.68. The average Bonchev–Trinajstić information content (AvgIpc) is 3.28. The van der Waals surface area contributed by atoms with Crippen LogP contribution in [0.15, 0.2) is 24.3 Å². The van der Waals surface area contributed by atoms with Crippen LogP contribution < -0.4 is 5.32 Å². The zero-order valence-electron chi connectivity index (χ0n) is 19.9. The first-order valence-corrected chi connectivity index (χ1v) is 12.1. The number of aromatic nitrogens is 1. The summed E-state index contributed by atoms with van der Waals surface area (Å²) < 4.78 is 53.7. The van der Waals surface area contributed by atoms with Gasteiger partial charge in [-0.15, -0.1) is 0 Å². The van der Waals surface area contributed by atoms with Gasteiger partial charge >= 0.3 is 6.18 Å². The van der Waals surface area contributed by atoms with Crippen LogP contribution in [0.5, 0.6) is 0 Å². The van der Waals surface area contributed by atoms with Crippen LogP contribution >= 0.6 is 11.6 Å². The second-order valence-electron chi connectivity index (χ2n) is 9.71. The summed E-state index contributed by atoms with van der Waals surface area (Å²) in [5.74, 6) is -1.17. The van der Waals surface area contributed by atoms with Crippen molar-refractivity contribution in [3.8, 4) is 11.3 Å². The van der Waals surface area contributed by atoms with Gasteiger partial charge in [0.2, 0.25) is 0 Å². The highest BCUT2D eigenvalue weighted by atomic mass is 35.5. The number of amides is 1. The highest BCUT2D eigenvalue weighted by molar-refractivity contribution is 6.33. The quantitative estimate of drug-likeness (QED) is 0.566. The van der Waals surface area contributed by atoms with Crippen LogP contribution in [0.2, 0.25) is 5.02 Å². The fourth-order valence-electron chi connectivity index (χ4n) is 4.81. The normalized spacial score (nSPS) is 24.5. The summed E-state index contributed by atoms with van der Waals surface area (Å²) >= 11 is 6.36. The first-order chi connectivity index (χ1) is 16.4. The summed E-state index contributed by atoms with van der Waals surface area (Å²) in [6.45, 7) is 5.87. The number of rotatable bonds is 5. The van der Waals surface area contributed by atoms with E-state index in [-0.39, 0.29) is 35.2 Å². The molecule has 2 fully saturated rings. The monoisotopic (exact) mass is 514 g/mol. The molecule has 1 amide bonds. The van der Waals surface area contributed by atoms with Gasteiger partial charge < -0.3 is 24.5 Å². The first kappa shape index (κ1) is 26.0. The van der Waals surface area contributed by atoms with E-state index in [4.69, 9.17) is 21.1 Å². The molecule has 0 spiro atoms. The second-order valence-corrected chi connectivity index (χ2v) is 10.1. The summed E-state index contributed by atoms with van der Waals surface area (Å²) in [5.41, 5.74) is 0.579. The molecular weight excluding hydrogens is 485 g/mol. The Balaban J connectivity index is 1.74. The van der Waals surface area contributed by atoms with Gasteiger partial charge in [0.05, 0.1) is 42.1 Å². The van der Waals surface area contributed by atoms with Crippen molar-refractivity contribution < 1.29 is 32.5 Å². The number of ether oxygens (including phenoxy) is 2. The lowest BCUT2D eigenvalue weighted by atomic mass is 9.92. The molecular formula is C25H30ClF3N2O4. The van der Waals surface area contributed by atoms with Crippen molar-refractivity contribution in [2.75, 3.05) is 6.61 Å². The first-order valence-electron chi connectivity index (χ1n) is 11.7. The van der Waals surface area contributed by atoms with Gasteiger partial charge in [-0.2, -0.15) is 13.2 Å². The Morgan fingerprint density at radius 3 is 2.60 bits per heavy atom. The van der Waals surface area contributed by atoms with Crippen LogP contribution in [0.4, 0.5) is 13.2 Å². The van der Waals surface area contributed by atoms with Crippen molar-refractivity contribution in [2.45, 2.75) is 83.2 Å². The highest BCUT2D eigenvalue weighted by Crippen LogP contribution is 2.38. The Kier molecular flexibility index (Phi) is 7.26. The number of carbonyl (C=O) groups excluding carboxylic acids is 1. The minimum Gasteiger partial charge on any atom is -0.391 e. The number of carbonyl (C=O) groups is 1. The number of alkyl halides is 3. The highest BCUT2D eigenvalue weighted by Gasteiger charge is 2.35. The smallest absolute Gasteiger partial charge is 0.391 e. The molecule has 1 aromatic carbocycles. The van der Waals surface area contributed by atoms with E-state index in [0.29, 0.717) is 36.4 Å². The lowest BCUT2D eigenvalue weighted by Gasteiger charge is -2.28. The number of aliphatic hydroxyl groups excluding tert-OH is 1. The predicted octanol–water partition coefficient (Wildman–Crippen LogP) is 5.32. The van der Waals surface area contributed by atoms with E-state index < -0.39 is 23.6 Å². The van der Waals surface area contributed by atoms with Crippen molar-refractivity contribution >= 4 is 17.5 Å². The van der Waals surface area contributed by atoms with E-state index in [0.717, 1.165) is 25.0 Å². The maximum absolute atomic E-state index is 13.5. The molecule has 1 saturated carbocycles. The van der Waals surface area contributed by atoms with Crippen LogP contribution in [-0.2, 0) is 22.2 Å². The molecule has 1 unspecified atom stereocenters. The standard InChI is InChI=1S/C25H30ClF3N2O4/c1-14-17(23(33)30-20-6-4-5-7-22(20)32)11-21(31(14)12-16-13-34-24(2,3)35-16)18-10-15(25(27,28)29)8-9-19(18)26/h8-11,16,20,22,32H,4-7,12-13H2,1-3H3,(H,30,33)/t16?,20-,22-/m1/s1. The maximum atomic E-state index is 13.5. The van der Waals surface area contributed by atoms with Crippen molar-refractivity contribution in [1.82, 2.24) is 9.88 Å². The molecule has 1 saturated heterocycles. The van der Waals surface area contributed by atoms with Crippen LogP contribution in [-0.4, -0.2) is 46.2 Å². The zero-order chi connectivity index (χ0) is 25.5. The molecule has 10 heteroatoms. The summed E-state index contributed by atoms with van der Waals surface area (Å²) in [5, 5.41) is 13.3. The molecule has 3 atom stereocenters. The Bertz CT molecular complexity index is 1100. The zero-order valence-corrected chi connectivity index (χ0v) is 20.7. The largest absolute Gasteiger partial charge is 0.416 e. The SMILES string of the molecule is Cc1c(C(=O)N[C@@H]2CCCC[C@H]2O)cc(-c2cc(C(F)(F)F)ccc2Cl)n1CC1COC(C)(C)O1. The Morgan fingerprint density at radius 2 is 1.97 bits per heavy atom. The summed E-state index contributed by atoms with van der Waals surface area (Å²) in [6, 6.07) is 4.33. The molecule has 35 heavy (non-hydrogen) atoms. The van der Waals surface area contributed by atoms with Crippen molar-refractivity contribution in [3.05, 3.63) is 46.1 Å². The third-order valence-corrected chi connectivity index (χ3v) is 7.01. The van der Waals surface area contributed by atoms with Gasteiger partial charge in [-0.1, -0.05) is 24.4 Å². The van der Waals surface area contributed by atoms with Crippen LogP contribution in [0.1, 0.15) is 61.1 Å². The molecule has 0 radical (unpaired) electrons. The van der Waals surface area contributed by atoms with Crippen molar-refractivity contribution in [3.63, 3.8) is 0 Å². The number of hydrogen-bond donors (Lipinski definition) is 2. The van der Waals surface area contributed by atoms with Crippen LogP contribution in [0.25, 0.3) is 11.3 Å². The van der Waals surface area contributed by atoms with Gasteiger partial charge in [-0.05, 0) is 57.9 Å². The number of nitrogens with one attached hydrogen (secondary N) is 1. The van der Waals surface area contributed by atoms with Gasteiger partial charge in [0.15, 0.2) is 5.79 Å². The molecule has 2 aliphatic rings. The topological polar surface area (TPSA) is 72.7 Å². The summed E-state index contributed by atoms with van der Waals surface area (Å²) in [7, 11) is 0. The van der Waals surface area contributed by atoms with Crippen LogP contribution in [0.3, 0.4) is 0 Å². The lowest BCUT2D eigenvalue weighted by molar-refractivity contribution is -0.139. The van der Waals surface area contributed by atoms with E-state index in [9.17, 15) is 23.1 Å². The summed E-state index contributed by atoms with van der Waals surface area (Å²) in [6.07, 6.45) is -2.45. The number of hydrogen-bond acceptors (Lipinski definition) is 4. The van der Waals surface area contributed by atoms with Crippen LogP contribution in [0, 0.1) is 6.92 Å². The molecule has 192 valence electrons. The average molecular weight is 515 g/mol. The molecule has 1 aromatic heterocycles. The van der Waals surface area contributed by atoms with E-state index >= 15 is 0 Å². The third kappa shape index (κ3) is 5.69. The Morgan fingerprint density at radius 1 is 1.26 bits per heavy atom. The van der Waals surface area contributed by atoms with Gasteiger partial charge in [0.25, 0.3) is 5.91 Å².